The van der Waals surface area contributed by atoms with E-state index >= 15 is 0 Å². The van der Waals surface area contributed by atoms with E-state index in [4.69, 9.17) is 11.6 Å². The van der Waals surface area contributed by atoms with Gasteiger partial charge in [0, 0.05) is 32.4 Å². The number of nitrogens with one attached hydrogen (secondary N) is 1. The molecule has 0 bridgehead atoms. The van der Waals surface area contributed by atoms with E-state index in [1.165, 1.54) is 11.3 Å². The lowest BCUT2D eigenvalue weighted by atomic mass is 10.2. The summed E-state index contributed by atoms with van der Waals surface area (Å²) in [5.41, 5.74) is 0.760. The quantitative estimate of drug-likeness (QED) is 0.822. The molecule has 1 fully saturated rings. The number of thiazole rings is 1. The number of carbonyl (C=O) groups is 1. The molecule has 0 unspecified atom stereocenters. The van der Waals surface area contributed by atoms with Gasteiger partial charge in [-0.1, -0.05) is 22.9 Å². The highest BCUT2D eigenvalue weighted by atomic mass is 35.5. The van der Waals surface area contributed by atoms with E-state index in [0.717, 1.165) is 31.9 Å². The zero-order valence-electron chi connectivity index (χ0n) is 13.8. The molecular weight excluding hydrogens is 346 g/mol. The summed E-state index contributed by atoms with van der Waals surface area (Å²) in [5.74, 6) is 0.790. The van der Waals surface area contributed by atoms with E-state index in [1.807, 2.05) is 6.92 Å². The maximum absolute atomic E-state index is 12.6. The van der Waals surface area contributed by atoms with Crippen LogP contribution < -0.4 is 5.32 Å². The molecule has 6 nitrogen and oxygen atoms in total. The molecule has 1 aliphatic heterocycles. The van der Waals surface area contributed by atoms with E-state index in [9.17, 15) is 4.79 Å². The molecule has 1 saturated heterocycles. The van der Waals surface area contributed by atoms with Crippen LogP contribution in [0.25, 0.3) is 0 Å². The summed E-state index contributed by atoms with van der Waals surface area (Å²) >= 11 is 7.21. The largest absolute Gasteiger partial charge is 0.316 e. The van der Waals surface area contributed by atoms with Gasteiger partial charge in [0.1, 0.15) is 5.82 Å². The fourth-order valence-corrected chi connectivity index (χ4v) is 3.56. The van der Waals surface area contributed by atoms with Gasteiger partial charge < -0.3 is 10.2 Å². The monoisotopic (exact) mass is 365 g/mol. The lowest BCUT2D eigenvalue weighted by molar-refractivity contribution is 0.0879. The number of anilines is 2. The smallest absolute Gasteiger partial charge is 0.189 e. The van der Waals surface area contributed by atoms with Crippen LogP contribution >= 0.6 is 22.9 Å². The average Bonchev–Trinajstić information content (AvgIpc) is 2.92. The average molecular weight is 366 g/mol. The molecule has 3 rings (SSSR count). The summed E-state index contributed by atoms with van der Waals surface area (Å²) in [5, 5.41) is 4.37. The summed E-state index contributed by atoms with van der Waals surface area (Å²) in [6, 6.07) is 3.54. The first-order valence-corrected chi connectivity index (χ1v) is 9.01. The number of nitrogens with zero attached hydrogens (tertiary/aromatic N) is 4. The van der Waals surface area contributed by atoms with Gasteiger partial charge in [-0.25, -0.2) is 9.97 Å². The van der Waals surface area contributed by atoms with Crippen molar-refractivity contribution in [1.82, 2.24) is 19.8 Å². The number of ketones is 1. The second kappa shape index (κ2) is 7.57. The Labute approximate surface area is 150 Å². The lowest BCUT2D eigenvalue weighted by Crippen LogP contribution is -2.46. The Morgan fingerprint density at radius 1 is 1.33 bits per heavy atom. The van der Waals surface area contributed by atoms with Gasteiger partial charge in [-0.3, -0.25) is 9.69 Å². The van der Waals surface area contributed by atoms with Crippen LogP contribution in [-0.2, 0) is 0 Å². The van der Waals surface area contributed by atoms with Crippen LogP contribution in [0.5, 0.6) is 0 Å². The minimum atomic E-state index is 0.131. The molecule has 0 aliphatic carbocycles. The minimum absolute atomic E-state index is 0.131. The molecule has 0 radical (unpaired) electrons. The Hall–Kier alpha value is -1.54. The van der Waals surface area contributed by atoms with E-state index in [0.29, 0.717) is 27.4 Å². The van der Waals surface area contributed by atoms with Crippen molar-refractivity contribution in [2.75, 3.05) is 45.1 Å². The van der Waals surface area contributed by atoms with Gasteiger partial charge in [0.05, 0.1) is 22.1 Å². The first kappa shape index (κ1) is 17.3. The van der Waals surface area contributed by atoms with Crippen LogP contribution in [0.2, 0.25) is 5.02 Å². The van der Waals surface area contributed by atoms with Crippen LogP contribution in [0.3, 0.4) is 0 Å². The van der Waals surface area contributed by atoms with Crippen molar-refractivity contribution < 1.29 is 4.79 Å². The zero-order valence-corrected chi connectivity index (χ0v) is 15.3. The number of piperazine rings is 1. The van der Waals surface area contributed by atoms with E-state index < -0.39 is 0 Å². The Balaban J connectivity index is 1.64. The number of likely N-dealkylation sites (N-methyl/N-ethyl adjacent to an activating group) is 1. The maximum Gasteiger partial charge on any atom is 0.189 e. The zero-order chi connectivity index (χ0) is 17.1. The minimum Gasteiger partial charge on any atom is -0.316 e. The first-order chi connectivity index (χ1) is 11.5. The summed E-state index contributed by atoms with van der Waals surface area (Å²) in [7, 11) is 2.11. The molecule has 0 spiro atoms. The molecule has 3 heterocycles. The van der Waals surface area contributed by atoms with Crippen LogP contribution in [-0.4, -0.2) is 65.3 Å². The fraction of sp³-hybridized carbons (Fsp3) is 0.438. The number of aromatic nitrogens is 2. The molecule has 0 atom stereocenters. The third kappa shape index (κ3) is 4.30. The summed E-state index contributed by atoms with van der Waals surface area (Å²) < 4.78 is 0. The van der Waals surface area contributed by atoms with Crippen molar-refractivity contribution in [3.05, 3.63) is 33.9 Å². The number of carbonyl (C=O) groups excluding carboxylic acids is 1. The predicted octanol–water partition coefficient (Wildman–Crippen LogP) is 2.67. The van der Waals surface area contributed by atoms with Crippen molar-refractivity contribution in [3.63, 3.8) is 0 Å². The highest BCUT2D eigenvalue weighted by Crippen LogP contribution is 2.26. The van der Waals surface area contributed by atoms with Crippen molar-refractivity contribution in [3.8, 4) is 0 Å². The predicted molar refractivity (Wildman–Crippen MR) is 97.6 cm³/mol. The van der Waals surface area contributed by atoms with Gasteiger partial charge in [-0.2, -0.15) is 0 Å². The summed E-state index contributed by atoms with van der Waals surface area (Å²) in [4.78, 5) is 26.4. The topological polar surface area (TPSA) is 61.4 Å². The van der Waals surface area contributed by atoms with Gasteiger partial charge in [-0.05, 0) is 26.1 Å². The third-order valence-corrected chi connectivity index (χ3v) is 5.31. The molecule has 128 valence electrons. The number of hydrogen-bond donors (Lipinski definition) is 1. The van der Waals surface area contributed by atoms with Gasteiger partial charge in [-0.15, -0.1) is 0 Å². The van der Waals surface area contributed by atoms with Crippen molar-refractivity contribution >= 4 is 39.7 Å². The Bertz CT molecular complexity index is 710. The third-order valence-electron chi connectivity index (χ3n) is 3.98. The van der Waals surface area contributed by atoms with Gasteiger partial charge in [0.25, 0.3) is 0 Å². The molecule has 0 saturated carbocycles. The molecule has 2 aromatic heterocycles. The second-order valence-electron chi connectivity index (χ2n) is 5.92. The van der Waals surface area contributed by atoms with Gasteiger partial charge in [0.2, 0.25) is 0 Å². The molecule has 0 aromatic carbocycles. The van der Waals surface area contributed by atoms with Crippen LogP contribution in [0.4, 0.5) is 10.9 Å². The van der Waals surface area contributed by atoms with E-state index in [1.54, 1.807) is 18.3 Å². The van der Waals surface area contributed by atoms with Crippen molar-refractivity contribution in [2.45, 2.75) is 6.92 Å². The van der Waals surface area contributed by atoms with Gasteiger partial charge >= 0.3 is 0 Å². The SMILES string of the molecule is Cc1nc(Nc2ccc(Cl)cn2)sc1C(=O)CN1CCN(C)CC1. The summed E-state index contributed by atoms with van der Waals surface area (Å²) in [6.45, 7) is 6.19. The number of halogens is 1. The van der Waals surface area contributed by atoms with E-state index in [-0.39, 0.29) is 5.78 Å². The Morgan fingerprint density at radius 3 is 2.75 bits per heavy atom. The summed E-state index contributed by atoms with van der Waals surface area (Å²) in [6.07, 6.45) is 1.57. The molecule has 1 N–H and O–H groups in total. The van der Waals surface area contributed by atoms with Crippen LogP contribution in [0.1, 0.15) is 15.4 Å². The molecule has 2 aromatic rings. The Kier molecular flexibility index (Phi) is 5.45. The molecule has 1 aliphatic rings. The Morgan fingerprint density at radius 2 is 2.08 bits per heavy atom. The number of hydrogen-bond acceptors (Lipinski definition) is 7. The normalized spacial score (nSPS) is 16.3. The van der Waals surface area contributed by atoms with Crippen molar-refractivity contribution in [1.29, 1.82) is 0 Å². The number of pyridine rings is 1. The molecule has 24 heavy (non-hydrogen) atoms. The number of Topliss-reactive ketones (excluding diaryl/α,β-unsaturated/α-hetero) is 1. The fourth-order valence-electron chi connectivity index (χ4n) is 2.55. The van der Waals surface area contributed by atoms with Crippen molar-refractivity contribution in [2.24, 2.45) is 0 Å². The molecular formula is C16H20ClN5OS. The highest BCUT2D eigenvalue weighted by Gasteiger charge is 2.21. The number of rotatable bonds is 5. The lowest BCUT2D eigenvalue weighted by Gasteiger charge is -2.31. The standard InChI is InChI=1S/C16H20ClN5OS/c1-11-15(13(23)10-22-7-5-21(2)6-8-22)24-16(19-11)20-14-4-3-12(17)9-18-14/h3-4,9H,5-8,10H2,1-2H3,(H,18,19,20). The maximum atomic E-state index is 12.6. The van der Waals surface area contributed by atoms with Gasteiger partial charge in [0.15, 0.2) is 10.9 Å². The molecule has 8 heteroatoms. The number of aryl methyl sites for hydroxylation is 1. The van der Waals surface area contributed by atoms with Crippen LogP contribution in [0.15, 0.2) is 18.3 Å². The van der Waals surface area contributed by atoms with Crippen LogP contribution in [0, 0.1) is 6.92 Å². The second-order valence-corrected chi connectivity index (χ2v) is 7.36. The first-order valence-electron chi connectivity index (χ1n) is 7.81. The highest BCUT2D eigenvalue weighted by molar-refractivity contribution is 7.17. The van der Waals surface area contributed by atoms with E-state index in [2.05, 4.69) is 32.1 Å². The molecule has 0 amide bonds.